The van der Waals surface area contributed by atoms with Gasteiger partial charge in [0.05, 0.1) is 0 Å². The summed E-state index contributed by atoms with van der Waals surface area (Å²) in [6.45, 7) is 6.31. The Morgan fingerprint density at radius 3 is 2.52 bits per heavy atom. The molecule has 2 aliphatic rings. The maximum absolute atomic E-state index is 13.1. The van der Waals surface area contributed by atoms with E-state index in [9.17, 15) is 9.90 Å². The monoisotopic (exact) mass is 360 g/mol. The first kappa shape index (κ1) is 18.0. The summed E-state index contributed by atoms with van der Waals surface area (Å²) in [6.07, 6.45) is 5.92. The highest BCUT2D eigenvalue weighted by molar-refractivity contribution is 6.30. The van der Waals surface area contributed by atoms with E-state index in [0.29, 0.717) is 12.2 Å². The Morgan fingerprint density at radius 1 is 1.07 bits per heavy atom. The van der Waals surface area contributed by atoms with Crippen LogP contribution in [0.1, 0.15) is 66.8 Å². The molecule has 2 aromatic rings. The molecule has 2 heteroatoms. The Balaban J connectivity index is 2.00. The van der Waals surface area contributed by atoms with Crippen molar-refractivity contribution in [2.75, 3.05) is 0 Å². The Labute approximate surface area is 161 Å². The van der Waals surface area contributed by atoms with Gasteiger partial charge in [-0.3, -0.25) is 4.79 Å². The van der Waals surface area contributed by atoms with Crippen LogP contribution in [0.3, 0.4) is 0 Å². The minimum absolute atomic E-state index is 0.0328. The van der Waals surface area contributed by atoms with Crippen LogP contribution >= 0.6 is 0 Å². The molecule has 0 bridgehead atoms. The van der Waals surface area contributed by atoms with E-state index in [1.165, 1.54) is 22.3 Å². The van der Waals surface area contributed by atoms with Gasteiger partial charge in [0.1, 0.15) is 5.75 Å². The number of aromatic hydroxyl groups is 1. The number of unbranched alkanes of at least 4 members (excludes halogenated alkanes) is 1. The van der Waals surface area contributed by atoms with Crippen molar-refractivity contribution in [3.63, 3.8) is 0 Å². The zero-order valence-corrected chi connectivity index (χ0v) is 16.6. The van der Waals surface area contributed by atoms with E-state index < -0.39 is 0 Å². The van der Waals surface area contributed by atoms with Gasteiger partial charge in [-0.15, -0.1) is 0 Å². The molecule has 1 N–H and O–H groups in total. The Kier molecular flexibility index (Phi) is 4.46. The van der Waals surface area contributed by atoms with Gasteiger partial charge >= 0.3 is 0 Å². The van der Waals surface area contributed by atoms with Gasteiger partial charge in [-0.1, -0.05) is 55.7 Å². The summed E-state index contributed by atoms with van der Waals surface area (Å²) < 4.78 is 0. The molecule has 4 rings (SSSR count). The maximum Gasteiger partial charge on any atom is 0.163 e. The van der Waals surface area contributed by atoms with E-state index in [1.54, 1.807) is 6.07 Å². The SMILES string of the molecule is CCCCC12CCC(=O)C(c3ccc(C)cc3)=C1c1ccc(O)c(C)c1C2. The molecule has 0 aliphatic heterocycles. The standard InChI is InChI=1S/C25H28O2/c1-4-5-13-25-14-12-22(27)23(18-8-6-16(2)7-9-18)24(25)19-10-11-21(26)17(3)20(19)15-25/h6-11,26H,4-5,12-15H2,1-3H3. The number of Topliss-reactive ketones (excluding diaryl/α,β-unsaturated/α-hetero) is 1. The van der Waals surface area contributed by atoms with Crippen LogP contribution in [0.4, 0.5) is 0 Å². The van der Waals surface area contributed by atoms with Gasteiger partial charge in [-0.2, -0.15) is 0 Å². The molecule has 0 saturated carbocycles. The number of carbonyl (C=O) groups is 1. The number of fused-ring (bicyclic) bond motifs is 3. The Hall–Kier alpha value is -2.35. The zero-order valence-electron chi connectivity index (χ0n) is 16.6. The van der Waals surface area contributed by atoms with Gasteiger partial charge in [0, 0.05) is 17.4 Å². The second-order valence-electron chi connectivity index (χ2n) is 8.34. The summed E-state index contributed by atoms with van der Waals surface area (Å²) in [5.41, 5.74) is 7.84. The van der Waals surface area contributed by atoms with Crippen molar-refractivity contribution < 1.29 is 9.90 Å². The number of phenolic OH excluding ortho intramolecular Hbond substituents is 1. The molecule has 0 radical (unpaired) electrons. The molecule has 1 unspecified atom stereocenters. The lowest BCUT2D eigenvalue weighted by atomic mass is 9.66. The first-order chi connectivity index (χ1) is 13.0. The highest BCUT2D eigenvalue weighted by Crippen LogP contribution is 2.59. The van der Waals surface area contributed by atoms with Crippen LogP contribution in [0.15, 0.2) is 36.4 Å². The van der Waals surface area contributed by atoms with Crippen LogP contribution in [0.2, 0.25) is 0 Å². The first-order valence-electron chi connectivity index (χ1n) is 10.1. The summed E-state index contributed by atoms with van der Waals surface area (Å²) in [6, 6.07) is 12.2. The highest BCUT2D eigenvalue weighted by atomic mass is 16.3. The normalized spacial score (nSPS) is 21.4. The number of carbonyl (C=O) groups excluding carboxylic acids is 1. The van der Waals surface area contributed by atoms with E-state index in [-0.39, 0.29) is 11.2 Å². The van der Waals surface area contributed by atoms with Gasteiger partial charge in [-0.25, -0.2) is 0 Å². The fourth-order valence-electron chi connectivity index (χ4n) is 5.03. The number of hydrogen-bond acceptors (Lipinski definition) is 2. The third kappa shape index (κ3) is 2.82. The van der Waals surface area contributed by atoms with Crippen LogP contribution in [-0.2, 0) is 11.2 Å². The van der Waals surface area contributed by atoms with Crippen LogP contribution in [0.25, 0.3) is 11.1 Å². The van der Waals surface area contributed by atoms with Crippen molar-refractivity contribution in [3.8, 4) is 5.75 Å². The molecule has 2 nitrogen and oxygen atoms in total. The fourth-order valence-corrected chi connectivity index (χ4v) is 5.03. The first-order valence-corrected chi connectivity index (χ1v) is 10.1. The molecule has 0 amide bonds. The molecule has 2 aromatic carbocycles. The average molecular weight is 360 g/mol. The van der Waals surface area contributed by atoms with Crippen LogP contribution < -0.4 is 0 Å². The molecule has 1 atom stereocenters. The molecule has 2 aliphatic carbocycles. The van der Waals surface area contributed by atoms with E-state index in [4.69, 9.17) is 0 Å². The molecular weight excluding hydrogens is 332 g/mol. The number of phenols is 1. The van der Waals surface area contributed by atoms with E-state index in [1.807, 2.05) is 13.0 Å². The Morgan fingerprint density at radius 2 is 1.81 bits per heavy atom. The second kappa shape index (κ2) is 6.67. The number of aryl methyl sites for hydroxylation is 1. The fraction of sp³-hybridized carbons (Fsp3) is 0.400. The van der Waals surface area contributed by atoms with E-state index >= 15 is 0 Å². The molecule has 0 heterocycles. The zero-order chi connectivity index (χ0) is 19.2. The third-order valence-electron chi connectivity index (χ3n) is 6.59. The van der Waals surface area contributed by atoms with Gasteiger partial charge in [-0.05, 0) is 67.0 Å². The summed E-state index contributed by atoms with van der Waals surface area (Å²) in [5, 5.41) is 10.3. The second-order valence-corrected chi connectivity index (χ2v) is 8.34. The van der Waals surface area contributed by atoms with Crippen LogP contribution in [-0.4, -0.2) is 10.9 Å². The summed E-state index contributed by atoms with van der Waals surface area (Å²) >= 11 is 0. The molecule has 0 saturated heterocycles. The quantitative estimate of drug-likeness (QED) is 0.724. The van der Waals surface area contributed by atoms with Gasteiger partial charge in [0.2, 0.25) is 0 Å². The number of benzene rings is 2. The van der Waals surface area contributed by atoms with E-state index in [0.717, 1.165) is 48.8 Å². The number of rotatable bonds is 4. The lowest BCUT2D eigenvalue weighted by molar-refractivity contribution is -0.114. The number of allylic oxidation sites excluding steroid dienone is 2. The minimum atomic E-state index is 0.0328. The van der Waals surface area contributed by atoms with Crippen molar-refractivity contribution in [1.82, 2.24) is 0 Å². The maximum atomic E-state index is 13.1. The largest absolute Gasteiger partial charge is 0.508 e. The predicted molar refractivity (Wildman–Crippen MR) is 111 cm³/mol. The molecule has 0 fully saturated rings. The molecule has 0 spiro atoms. The van der Waals surface area contributed by atoms with Crippen molar-refractivity contribution in [2.24, 2.45) is 5.41 Å². The Bertz CT molecular complexity index is 934. The number of ketones is 1. The van der Waals surface area contributed by atoms with Crippen molar-refractivity contribution in [2.45, 2.75) is 59.3 Å². The van der Waals surface area contributed by atoms with Gasteiger partial charge < -0.3 is 5.11 Å². The van der Waals surface area contributed by atoms with Crippen LogP contribution in [0.5, 0.6) is 5.75 Å². The smallest absolute Gasteiger partial charge is 0.163 e. The lowest BCUT2D eigenvalue weighted by Crippen LogP contribution is -2.28. The molecular formula is C25H28O2. The highest BCUT2D eigenvalue weighted by Gasteiger charge is 2.47. The van der Waals surface area contributed by atoms with Crippen LogP contribution in [0, 0.1) is 19.3 Å². The van der Waals surface area contributed by atoms with Gasteiger partial charge in [0.15, 0.2) is 5.78 Å². The summed E-state index contributed by atoms with van der Waals surface area (Å²) in [4.78, 5) is 13.1. The van der Waals surface area contributed by atoms with Gasteiger partial charge in [0.25, 0.3) is 0 Å². The molecule has 0 aromatic heterocycles. The van der Waals surface area contributed by atoms with Crippen molar-refractivity contribution in [3.05, 3.63) is 64.2 Å². The topological polar surface area (TPSA) is 37.3 Å². The molecule has 140 valence electrons. The average Bonchev–Trinajstić information content (AvgIpc) is 3.00. The third-order valence-corrected chi connectivity index (χ3v) is 6.59. The summed E-state index contributed by atoms with van der Waals surface area (Å²) in [5.74, 6) is 0.626. The minimum Gasteiger partial charge on any atom is -0.508 e. The molecule has 27 heavy (non-hydrogen) atoms. The van der Waals surface area contributed by atoms with Crippen molar-refractivity contribution in [1.29, 1.82) is 0 Å². The summed E-state index contributed by atoms with van der Waals surface area (Å²) in [7, 11) is 0. The van der Waals surface area contributed by atoms with Crippen molar-refractivity contribution >= 4 is 16.9 Å². The number of hydrogen-bond donors (Lipinski definition) is 1. The predicted octanol–water partition coefficient (Wildman–Crippen LogP) is 6.02. The lowest BCUT2D eigenvalue weighted by Gasteiger charge is -2.36. The van der Waals surface area contributed by atoms with E-state index in [2.05, 4.69) is 38.1 Å².